The Morgan fingerprint density at radius 2 is 1.45 bits per heavy atom. The predicted octanol–water partition coefficient (Wildman–Crippen LogP) is 4.85. The van der Waals surface area contributed by atoms with Crippen molar-refractivity contribution in [2.45, 2.75) is 6.54 Å². The van der Waals surface area contributed by atoms with Crippen LogP contribution < -0.4 is 11.3 Å². The van der Waals surface area contributed by atoms with Gasteiger partial charge in [0.25, 0.3) is 5.56 Å². The van der Waals surface area contributed by atoms with E-state index in [1.807, 2.05) is 72.8 Å². The van der Waals surface area contributed by atoms with Crippen molar-refractivity contribution in [2.24, 2.45) is 0 Å². The second kappa shape index (κ2) is 6.91. The van der Waals surface area contributed by atoms with E-state index >= 15 is 0 Å². The molecular weight excluding hydrogens is 358 g/mol. The molecule has 4 aromatic carbocycles. The van der Waals surface area contributed by atoms with Crippen LogP contribution in [-0.4, -0.2) is 9.55 Å². The van der Waals surface area contributed by atoms with Crippen molar-refractivity contribution < 1.29 is 0 Å². The van der Waals surface area contributed by atoms with Crippen molar-refractivity contribution in [1.82, 2.24) is 9.55 Å². The van der Waals surface area contributed by atoms with Gasteiger partial charge < -0.3 is 10.3 Å². The smallest absolute Gasteiger partial charge is 0.277 e. The molecule has 140 valence electrons. The Hall–Kier alpha value is -3.92. The minimum absolute atomic E-state index is 0.144. The van der Waals surface area contributed by atoms with Crippen LogP contribution in [-0.2, 0) is 6.54 Å². The minimum atomic E-state index is -0.144. The molecule has 0 saturated heterocycles. The summed E-state index contributed by atoms with van der Waals surface area (Å²) in [6.07, 6.45) is 0. The third kappa shape index (κ3) is 3.05. The molecule has 4 nitrogen and oxygen atoms in total. The quantitative estimate of drug-likeness (QED) is 0.361. The molecule has 0 amide bonds. The van der Waals surface area contributed by atoms with Gasteiger partial charge in [0.2, 0.25) is 0 Å². The lowest BCUT2D eigenvalue weighted by atomic mass is 10.1. The number of para-hydroxylation sites is 1. The molecule has 0 radical (unpaired) electrons. The van der Waals surface area contributed by atoms with E-state index < -0.39 is 0 Å². The number of hydrogen-bond acceptors (Lipinski definition) is 3. The van der Waals surface area contributed by atoms with E-state index in [2.05, 4.69) is 12.1 Å². The monoisotopic (exact) mass is 377 g/mol. The highest BCUT2D eigenvalue weighted by atomic mass is 16.1. The summed E-state index contributed by atoms with van der Waals surface area (Å²) < 4.78 is 1.80. The Balaban J connectivity index is 1.85. The average molecular weight is 377 g/mol. The third-order valence-corrected chi connectivity index (χ3v) is 5.21. The summed E-state index contributed by atoms with van der Waals surface area (Å²) in [5, 5.41) is 2.17. The van der Waals surface area contributed by atoms with Crippen LogP contribution >= 0.6 is 0 Å². The highest BCUT2D eigenvalue weighted by molar-refractivity contribution is 5.95. The first-order valence-corrected chi connectivity index (χ1v) is 9.53. The summed E-state index contributed by atoms with van der Waals surface area (Å²) in [6, 6.07) is 29.5. The molecule has 0 aliphatic heterocycles. The molecule has 0 spiro atoms. The molecule has 5 rings (SSSR count). The van der Waals surface area contributed by atoms with Gasteiger partial charge in [0.05, 0.1) is 17.6 Å². The summed E-state index contributed by atoms with van der Waals surface area (Å²) in [6.45, 7) is 0.469. The molecule has 4 heteroatoms. The van der Waals surface area contributed by atoms with Crippen LogP contribution in [0.5, 0.6) is 0 Å². The van der Waals surface area contributed by atoms with Crippen molar-refractivity contribution in [3.8, 4) is 11.3 Å². The van der Waals surface area contributed by atoms with Crippen LogP contribution in [0, 0.1) is 0 Å². The van der Waals surface area contributed by atoms with Crippen LogP contribution in [0.3, 0.4) is 0 Å². The summed E-state index contributed by atoms with van der Waals surface area (Å²) in [7, 11) is 0. The second-order valence-corrected chi connectivity index (χ2v) is 7.11. The summed E-state index contributed by atoms with van der Waals surface area (Å²) in [5.41, 5.74) is 10.3. The molecule has 0 unspecified atom stereocenters. The molecule has 1 aromatic heterocycles. The molecule has 1 heterocycles. The molecular formula is C25H19N3O. The normalized spacial score (nSPS) is 11.2. The van der Waals surface area contributed by atoms with Gasteiger partial charge in [-0.3, -0.25) is 4.79 Å². The number of nitrogen functional groups attached to an aromatic ring is 1. The number of nitrogens with zero attached hydrogens (tertiary/aromatic N) is 2. The van der Waals surface area contributed by atoms with Crippen LogP contribution in [0.4, 0.5) is 5.69 Å². The third-order valence-electron chi connectivity index (χ3n) is 5.21. The fraction of sp³-hybridized carbons (Fsp3) is 0.0400. The molecule has 29 heavy (non-hydrogen) atoms. The van der Waals surface area contributed by atoms with Crippen LogP contribution in [0.1, 0.15) is 5.56 Å². The first-order valence-electron chi connectivity index (χ1n) is 9.53. The molecule has 0 saturated carbocycles. The Bertz CT molecular complexity index is 1400. The fourth-order valence-corrected chi connectivity index (χ4v) is 3.74. The van der Waals surface area contributed by atoms with Gasteiger partial charge in [-0.25, -0.2) is 4.98 Å². The fourth-order valence-electron chi connectivity index (χ4n) is 3.74. The maximum absolute atomic E-state index is 13.5. The number of aromatic nitrogens is 2. The maximum atomic E-state index is 13.5. The number of rotatable bonds is 3. The second-order valence-electron chi connectivity index (χ2n) is 7.11. The van der Waals surface area contributed by atoms with Gasteiger partial charge in [-0.15, -0.1) is 0 Å². The van der Waals surface area contributed by atoms with Gasteiger partial charge in [0.1, 0.15) is 5.69 Å². The minimum Gasteiger partial charge on any atom is -0.398 e. The molecule has 0 atom stereocenters. The van der Waals surface area contributed by atoms with E-state index in [0.29, 0.717) is 23.5 Å². The lowest BCUT2D eigenvalue weighted by molar-refractivity contribution is 0.790. The van der Waals surface area contributed by atoms with Crippen molar-refractivity contribution in [1.29, 1.82) is 0 Å². The molecule has 2 N–H and O–H groups in total. The van der Waals surface area contributed by atoms with E-state index in [9.17, 15) is 4.79 Å². The van der Waals surface area contributed by atoms with E-state index in [1.165, 1.54) is 0 Å². The predicted molar refractivity (Wildman–Crippen MR) is 119 cm³/mol. The molecule has 0 bridgehead atoms. The van der Waals surface area contributed by atoms with Crippen molar-refractivity contribution in [2.75, 3.05) is 5.73 Å². The number of benzene rings is 4. The summed E-state index contributed by atoms with van der Waals surface area (Å²) in [4.78, 5) is 18.3. The number of anilines is 1. The van der Waals surface area contributed by atoms with E-state index in [0.717, 1.165) is 27.4 Å². The first kappa shape index (κ1) is 17.2. The van der Waals surface area contributed by atoms with E-state index in [4.69, 9.17) is 10.7 Å². The Morgan fingerprint density at radius 1 is 0.793 bits per heavy atom. The van der Waals surface area contributed by atoms with Crippen LogP contribution in [0.25, 0.3) is 33.1 Å². The van der Waals surface area contributed by atoms with Gasteiger partial charge in [0, 0.05) is 11.3 Å². The zero-order valence-electron chi connectivity index (χ0n) is 15.7. The Labute approximate surface area is 167 Å². The van der Waals surface area contributed by atoms with E-state index in [1.54, 1.807) is 10.6 Å². The standard InChI is InChI=1S/C25H19N3O/c26-21-13-7-6-12-20(21)24-25(29)28(16-17-8-2-1-3-9-17)23-15-19-11-5-4-10-18(19)14-22(23)27-24/h1-15H,16,26H2. The van der Waals surface area contributed by atoms with Gasteiger partial charge in [-0.1, -0.05) is 72.8 Å². The highest BCUT2D eigenvalue weighted by Crippen LogP contribution is 2.26. The number of hydrogen-bond donors (Lipinski definition) is 1. The van der Waals surface area contributed by atoms with Crippen molar-refractivity contribution in [3.05, 3.63) is 107 Å². The molecule has 0 aliphatic rings. The maximum Gasteiger partial charge on any atom is 0.277 e. The largest absolute Gasteiger partial charge is 0.398 e. The Morgan fingerprint density at radius 3 is 2.21 bits per heavy atom. The summed E-state index contributed by atoms with van der Waals surface area (Å²) in [5.74, 6) is 0. The first-order chi connectivity index (χ1) is 14.2. The topological polar surface area (TPSA) is 60.9 Å². The Kier molecular flexibility index (Phi) is 4.10. The lowest BCUT2D eigenvalue weighted by Crippen LogP contribution is -2.24. The van der Waals surface area contributed by atoms with Gasteiger partial charge in [0.15, 0.2) is 0 Å². The van der Waals surface area contributed by atoms with E-state index in [-0.39, 0.29) is 5.56 Å². The average Bonchev–Trinajstić information content (AvgIpc) is 2.76. The zero-order chi connectivity index (χ0) is 19.8. The van der Waals surface area contributed by atoms with Crippen molar-refractivity contribution in [3.63, 3.8) is 0 Å². The van der Waals surface area contributed by atoms with Crippen LogP contribution in [0.15, 0.2) is 95.8 Å². The molecule has 0 fully saturated rings. The molecule has 5 aromatic rings. The summed E-state index contributed by atoms with van der Waals surface area (Å²) >= 11 is 0. The van der Waals surface area contributed by atoms with Crippen LogP contribution in [0.2, 0.25) is 0 Å². The SMILES string of the molecule is Nc1ccccc1-c1nc2cc3ccccc3cc2n(Cc2ccccc2)c1=O. The lowest BCUT2D eigenvalue weighted by Gasteiger charge is -2.14. The number of fused-ring (bicyclic) bond motifs is 2. The zero-order valence-corrected chi connectivity index (χ0v) is 15.7. The van der Waals surface area contributed by atoms with Gasteiger partial charge in [-0.2, -0.15) is 0 Å². The van der Waals surface area contributed by atoms with Crippen molar-refractivity contribution >= 4 is 27.5 Å². The number of nitrogens with two attached hydrogens (primary N) is 1. The van der Waals surface area contributed by atoms with Gasteiger partial charge >= 0.3 is 0 Å². The van der Waals surface area contributed by atoms with Gasteiger partial charge in [-0.05, 0) is 34.5 Å². The molecule has 0 aliphatic carbocycles. The highest BCUT2D eigenvalue weighted by Gasteiger charge is 2.15.